The van der Waals surface area contributed by atoms with E-state index in [4.69, 9.17) is 4.74 Å². The van der Waals surface area contributed by atoms with E-state index in [1.807, 2.05) is 0 Å². The molecule has 2 aliphatic rings. The topological polar surface area (TPSA) is 21.3 Å². The van der Waals surface area contributed by atoms with Crippen LogP contribution in [-0.4, -0.2) is 12.1 Å². The van der Waals surface area contributed by atoms with Crippen molar-refractivity contribution in [2.45, 2.75) is 63.8 Å². The minimum Gasteiger partial charge on any atom is -0.374 e. The normalized spacial score (nSPS) is 20.4. The highest BCUT2D eigenvalue weighted by Crippen LogP contribution is 2.22. The molecule has 2 saturated carbocycles. The minimum absolute atomic E-state index is 0.515. The zero-order valence-corrected chi connectivity index (χ0v) is 11.0. The minimum atomic E-state index is 0.515. The molecule has 2 heteroatoms. The molecule has 18 heavy (non-hydrogen) atoms. The molecule has 0 spiro atoms. The molecule has 0 amide bonds. The second kappa shape index (κ2) is 5.85. The van der Waals surface area contributed by atoms with Crippen molar-refractivity contribution in [3.05, 3.63) is 35.4 Å². The van der Waals surface area contributed by atoms with E-state index in [2.05, 4.69) is 29.6 Å². The van der Waals surface area contributed by atoms with Crippen LogP contribution in [0.5, 0.6) is 0 Å². The number of nitrogens with one attached hydrogen (secondary N) is 1. The van der Waals surface area contributed by atoms with Gasteiger partial charge in [0.2, 0.25) is 0 Å². The van der Waals surface area contributed by atoms with Gasteiger partial charge < -0.3 is 10.1 Å². The Kier molecular flexibility index (Phi) is 3.96. The van der Waals surface area contributed by atoms with Crippen LogP contribution in [0.1, 0.15) is 49.7 Å². The van der Waals surface area contributed by atoms with E-state index in [9.17, 15) is 0 Å². The molecule has 0 unspecified atom stereocenters. The average molecular weight is 245 g/mol. The van der Waals surface area contributed by atoms with Gasteiger partial charge in [-0.3, -0.25) is 0 Å². The first-order valence-electron chi connectivity index (χ1n) is 7.33. The smallest absolute Gasteiger partial charge is 0.0720 e. The van der Waals surface area contributed by atoms with E-state index >= 15 is 0 Å². The van der Waals surface area contributed by atoms with Crippen molar-refractivity contribution in [2.24, 2.45) is 0 Å². The maximum atomic E-state index is 5.92. The summed E-state index contributed by atoms with van der Waals surface area (Å²) >= 11 is 0. The van der Waals surface area contributed by atoms with Crippen LogP contribution in [0, 0.1) is 0 Å². The van der Waals surface area contributed by atoms with Crippen LogP contribution in [0.25, 0.3) is 0 Å². The highest BCUT2D eigenvalue weighted by atomic mass is 16.5. The van der Waals surface area contributed by atoms with Crippen LogP contribution < -0.4 is 5.32 Å². The summed E-state index contributed by atoms with van der Waals surface area (Å²) in [6, 6.07) is 9.65. The maximum absolute atomic E-state index is 5.92. The van der Waals surface area contributed by atoms with Crippen molar-refractivity contribution in [3.63, 3.8) is 0 Å². The van der Waals surface area contributed by atoms with Crippen LogP contribution in [0.2, 0.25) is 0 Å². The molecule has 98 valence electrons. The number of hydrogen-bond acceptors (Lipinski definition) is 2. The van der Waals surface area contributed by atoms with Gasteiger partial charge in [-0.2, -0.15) is 0 Å². The summed E-state index contributed by atoms with van der Waals surface area (Å²) in [4.78, 5) is 0. The van der Waals surface area contributed by atoms with Crippen LogP contribution in [0.3, 0.4) is 0 Å². The quantitative estimate of drug-likeness (QED) is 0.829. The lowest BCUT2D eigenvalue weighted by molar-refractivity contribution is 0.0457. The molecular weight excluding hydrogens is 222 g/mol. The highest BCUT2D eigenvalue weighted by Gasteiger charge is 2.19. The Hall–Kier alpha value is -0.860. The second-order valence-electron chi connectivity index (χ2n) is 5.69. The van der Waals surface area contributed by atoms with Gasteiger partial charge in [-0.1, -0.05) is 37.1 Å². The highest BCUT2D eigenvalue weighted by molar-refractivity contribution is 5.22. The number of ether oxygens (including phenoxy) is 1. The fourth-order valence-corrected chi connectivity index (χ4v) is 2.57. The Balaban J connectivity index is 1.44. The Morgan fingerprint density at radius 2 is 1.61 bits per heavy atom. The van der Waals surface area contributed by atoms with Crippen molar-refractivity contribution in [1.82, 2.24) is 5.32 Å². The van der Waals surface area contributed by atoms with Crippen LogP contribution >= 0.6 is 0 Å². The second-order valence-corrected chi connectivity index (χ2v) is 5.69. The van der Waals surface area contributed by atoms with E-state index in [-0.39, 0.29) is 0 Å². The standard InChI is InChI=1S/C16H23NO/c1-2-4-16(3-1)18-12-14-7-5-13(6-8-14)11-17-15-9-10-15/h5-8,15-17H,1-4,9-12H2. The Morgan fingerprint density at radius 1 is 0.944 bits per heavy atom. The van der Waals surface area contributed by atoms with Gasteiger partial charge in [-0.25, -0.2) is 0 Å². The third-order valence-corrected chi connectivity index (χ3v) is 3.98. The van der Waals surface area contributed by atoms with Gasteiger partial charge in [0.05, 0.1) is 12.7 Å². The molecule has 1 aromatic carbocycles. The molecule has 2 aliphatic carbocycles. The molecule has 2 fully saturated rings. The van der Waals surface area contributed by atoms with Gasteiger partial charge in [0.25, 0.3) is 0 Å². The first kappa shape index (κ1) is 12.2. The molecule has 2 nitrogen and oxygen atoms in total. The molecule has 0 radical (unpaired) electrons. The van der Waals surface area contributed by atoms with E-state index < -0.39 is 0 Å². The summed E-state index contributed by atoms with van der Waals surface area (Å²) in [5.41, 5.74) is 2.68. The lowest BCUT2D eigenvalue weighted by Crippen LogP contribution is -2.15. The Morgan fingerprint density at radius 3 is 2.28 bits per heavy atom. The van der Waals surface area contributed by atoms with E-state index in [0.717, 1.165) is 19.2 Å². The van der Waals surface area contributed by atoms with Crippen molar-refractivity contribution >= 4 is 0 Å². The average Bonchev–Trinajstić information content (AvgIpc) is 3.09. The molecular formula is C16H23NO. The molecule has 0 bridgehead atoms. The molecule has 0 aliphatic heterocycles. The van der Waals surface area contributed by atoms with Gasteiger partial charge in [-0.15, -0.1) is 0 Å². The molecule has 3 rings (SSSR count). The number of hydrogen-bond donors (Lipinski definition) is 1. The van der Waals surface area contributed by atoms with Gasteiger partial charge in [0.15, 0.2) is 0 Å². The molecule has 1 aromatic rings. The van der Waals surface area contributed by atoms with Crippen molar-refractivity contribution in [2.75, 3.05) is 0 Å². The fraction of sp³-hybridized carbons (Fsp3) is 0.625. The van der Waals surface area contributed by atoms with E-state index in [0.29, 0.717) is 6.10 Å². The lowest BCUT2D eigenvalue weighted by atomic mass is 10.1. The van der Waals surface area contributed by atoms with Gasteiger partial charge >= 0.3 is 0 Å². The summed E-state index contributed by atoms with van der Waals surface area (Å²) in [6.07, 6.45) is 8.42. The summed E-state index contributed by atoms with van der Waals surface area (Å²) in [7, 11) is 0. The zero-order chi connectivity index (χ0) is 12.2. The van der Waals surface area contributed by atoms with Crippen LogP contribution in [0.15, 0.2) is 24.3 Å². The first-order valence-corrected chi connectivity index (χ1v) is 7.33. The molecule has 0 saturated heterocycles. The molecule has 1 N–H and O–H groups in total. The summed E-state index contributed by atoms with van der Waals surface area (Å²) in [5.74, 6) is 0. The predicted octanol–water partition coefficient (Wildman–Crippen LogP) is 3.40. The number of rotatable bonds is 6. The zero-order valence-electron chi connectivity index (χ0n) is 11.0. The van der Waals surface area contributed by atoms with Gasteiger partial charge in [-0.05, 0) is 36.8 Å². The van der Waals surface area contributed by atoms with Gasteiger partial charge in [0, 0.05) is 12.6 Å². The fourth-order valence-electron chi connectivity index (χ4n) is 2.57. The largest absolute Gasteiger partial charge is 0.374 e. The maximum Gasteiger partial charge on any atom is 0.0720 e. The SMILES string of the molecule is c1cc(COC2CCCC2)ccc1CNC1CC1. The van der Waals surface area contributed by atoms with Crippen molar-refractivity contribution in [1.29, 1.82) is 0 Å². The van der Waals surface area contributed by atoms with E-state index in [1.54, 1.807) is 0 Å². The summed E-state index contributed by atoms with van der Waals surface area (Å²) in [5, 5.41) is 3.54. The van der Waals surface area contributed by atoms with Crippen molar-refractivity contribution < 1.29 is 4.74 Å². The predicted molar refractivity (Wildman–Crippen MR) is 73.3 cm³/mol. The molecule has 0 heterocycles. The van der Waals surface area contributed by atoms with Crippen LogP contribution in [0.4, 0.5) is 0 Å². The lowest BCUT2D eigenvalue weighted by Gasteiger charge is -2.11. The monoisotopic (exact) mass is 245 g/mol. The third kappa shape index (κ3) is 3.56. The van der Waals surface area contributed by atoms with E-state index in [1.165, 1.54) is 49.7 Å². The Labute approximate surface area is 110 Å². The Bertz CT molecular complexity index is 363. The molecule has 0 atom stereocenters. The van der Waals surface area contributed by atoms with Gasteiger partial charge in [0.1, 0.15) is 0 Å². The van der Waals surface area contributed by atoms with Crippen molar-refractivity contribution in [3.8, 4) is 0 Å². The molecule has 0 aromatic heterocycles. The number of benzene rings is 1. The first-order chi connectivity index (χ1) is 8.90. The summed E-state index contributed by atoms with van der Waals surface area (Å²) in [6.45, 7) is 1.79. The third-order valence-electron chi connectivity index (χ3n) is 3.98. The summed E-state index contributed by atoms with van der Waals surface area (Å²) < 4.78 is 5.92. The van der Waals surface area contributed by atoms with Crippen LogP contribution in [-0.2, 0) is 17.9 Å².